The van der Waals surface area contributed by atoms with E-state index in [4.69, 9.17) is 9.47 Å². The van der Waals surface area contributed by atoms with Gasteiger partial charge >= 0.3 is 11.9 Å². The third-order valence-electron chi connectivity index (χ3n) is 9.36. The SMILES string of the molecule is CC1(C)CC(OC(=O)c2ccc3c(-c4cc(C(=O)OC5CC(C)(C)NC(C)(C)C5)c5ccccc5c4)cccc3c2)CC(C)(C)N1. The van der Waals surface area contributed by atoms with Crippen LogP contribution in [0.4, 0.5) is 0 Å². The molecule has 242 valence electrons. The molecule has 0 bridgehead atoms. The van der Waals surface area contributed by atoms with Crippen LogP contribution < -0.4 is 10.6 Å². The first-order valence-corrected chi connectivity index (χ1v) is 16.5. The molecule has 0 saturated carbocycles. The van der Waals surface area contributed by atoms with Crippen LogP contribution in [0.3, 0.4) is 0 Å². The Morgan fingerprint density at radius 1 is 0.587 bits per heavy atom. The Morgan fingerprint density at radius 2 is 1.11 bits per heavy atom. The zero-order valence-corrected chi connectivity index (χ0v) is 28.5. The average Bonchev–Trinajstić information content (AvgIpc) is 2.92. The molecule has 6 rings (SSSR count). The van der Waals surface area contributed by atoms with Gasteiger partial charge in [0.2, 0.25) is 0 Å². The first-order valence-electron chi connectivity index (χ1n) is 16.5. The lowest BCUT2D eigenvalue weighted by atomic mass is 9.81. The summed E-state index contributed by atoms with van der Waals surface area (Å²) >= 11 is 0. The fraction of sp³-hybridized carbons (Fsp3) is 0.450. The molecule has 4 aromatic rings. The van der Waals surface area contributed by atoms with Crippen LogP contribution in [0.15, 0.2) is 72.8 Å². The third-order valence-corrected chi connectivity index (χ3v) is 9.36. The van der Waals surface area contributed by atoms with Crippen molar-refractivity contribution in [2.75, 3.05) is 0 Å². The number of hydrogen-bond acceptors (Lipinski definition) is 6. The molecule has 6 nitrogen and oxygen atoms in total. The molecule has 0 unspecified atom stereocenters. The van der Waals surface area contributed by atoms with Crippen molar-refractivity contribution in [1.82, 2.24) is 10.6 Å². The van der Waals surface area contributed by atoms with Crippen molar-refractivity contribution in [3.05, 3.63) is 83.9 Å². The van der Waals surface area contributed by atoms with E-state index < -0.39 is 0 Å². The van der Waals surface area contributed by atoms with Gasteiger partial charge in [-0.1, -0.05) is 48.5 Å². The molecule has 2 saturated heterocycles. The summed E-state index contributed by atoms with van der Waals surface area (Å²) in [5.41, 5.74) is 2.52. The Bertz CT molecular complexity index is 1790. The van der Waals surface area contributed by atoms with Gasteiger partial charge in [-0.05, 0) is 112 Å². The third kappa shape index (κ3) is 6.98. The number of rotatable bonds is 5. The maximum atomic E-state index is 13.9. The number of fused-ring (bicyclic) bond motifs is 2. The van der Waals surface area contributed by atoms with E-state index in [1.54, 1.807) is 0 Å². The van der Waals surface area contributed by atoms with E-state index in [1.165, 1.54) is 0 Å². The van der Waals surface area contributed by atoms with Crippen molar-refractivity contribution in [2.24, 2.45) is 0 Å². The van der Waals surface area contributed by atoms with Gasteiger partial charge in [-0.15, -0.1) is 0 Å². The molecular weight excluding hydrogens is 572 g/mol. The molecule has 6 heteroatoms. The normalized spacial score (nSPS) is 20.8. The summed E-state index contributed by atoms with van der Waals surface area (Å²) in [6.45, 7) is 17.2. The van der Waals surface area contributed by atoms with Crippen LogP contribution in [-0.4, -0.2) is 46.3 Å². The maximum absolute atomic E-state index is 13.9. The number of benzene rings is 4. The van der Waals surface area contributed by atoms with Crippen LogP contribution in [-0.2, 0) is 9.47 Å². The number of esters is 2. The van der Waals surface area contributed by atoms with Crippen LogP contribution >= 0.6 is 0 Å². The fourth-order valence-electron chi connectivity index (χ4n) is 8.36. The minimum absolute atomic E-state index is 0.114. The highest BCUT2D eigenvalue weighted by atomic mass is 16.5. The lowest BCUT2D eigenvalue weighted by Crippen LogP contribution is -2.59. The molecule has 0 spiro atoms. The van der Waals surface area contributed by atoms with Crippen LogP contribution in [0.2, 0.25) is 0 Å². The zero-order valence-electron chi connectivity index (χ0n) is 28.5. The van der Waals surface area contributed by atoms with Gasteiger partial charge in [-0.2, -0.15) is 0 Å². The number of piperidine rings is 2. The van der Waals surface area contributed by atoms with Crippen molar-refractivity contribution in [3.63, 3.8) is 0 Å². The quantitative estimate of drug-likeness (QED) is 0.218. The molecule has 4 aromatic carbocycles. The summed E-state index contributed by atoms with van der Waals surface area (Å²) in [5.74, 6) is -0.600. The summed E-state index contributed by atoms with van der Waals surface area (Å²) in [6.07, 6.45) is 2.69. The number of hydrogen-bond donors (Lipinski definition) is 2. The van der Waals surface area contributed by atoms with Crippen molar-refractivity contribution in [3.8, 4) is 11.1 Å². The monoisotopic (exact) mass is 620 g/mol. The second kappa shape index (κ2) is 11.5. The van der Waals surface area contributed by atoms with Crippen LogP contribution in [0.5, 0.6) is 0 Å². The average molecular weight is 621 g/mol. The lowest BCUT2D eigenvalue weighted by molar-refractivity contribution is -0.00756. The van der Waals surface area contributed by atoms with Gasteiger partial charge < -0.3 is 20.1 Å². The molecule has 2 aliphatic rings. The minimum atomic E-state index is -0.300. The molecule has 0 amide bonds. The molecule has 2 aliphatic heterocycles. The topological polar surface area (TPSA) is 76.7 Å². The molecule has 0 aromatic heterocycles. The van der Waals surface area contributed by atoms with E-state index in [9.17, 15) is 9.59 Å². The Labute approximate surface area is 273 Å². The second-order valence-corrected chi connectivity index (χ2v) is 16.1. The predicted octanol–water partition coefficient (Wildman–Crippen LogP) is 8.59. The van der Waals surface area contributed by atoms with Crippen molar-refractivity contribution in [2.45, 2.75) is 115 Å². The second-order valence-electron chi connectivity index (χ2n) is 16.1. The first-order chi connectivity index (χ1) is 21.5. The summed E-state index contributed by atoms with van der Waals surface area (Å²) in [6, 6.07) is 23.9. The molecule has 0 atom stereocenters. The van der Waals surface area contributed by atoms with E-state index in [2.05, 4.69) is 78.2 Å². The molecule has 0 radical (unpaired) electrons. The Balaban J connectivity index is 1.31. The van der Waals surface area contributed by atoms with E-state index in [-0.39, 0.29) is 46.3 Å². The number of nitrogens with one attached hydrogen (secondary N) is 2. The van der Waals surface area contributed by atoms with Gasteiger partial charge in [0.15, 0.2) is 0 Å². The molecule has 2 heterocycles. The first kappa shape index (κ1) is 32.2. The Hall–Kier alpha value is -3.74. The number of carbonyl (C=O) groups is 2. The summed E-state index contributed by atoms with van der Waals surface area (Å²) in [4.78, 5) is 27.2. The van der Waals surface area contributed by atoms with Crippen LogP contribution in [0.1, 0.15) is 102 Å². The van der Waals surface area contributed by atoms with Gasteiger partial charge in [-0.3, -0.25) is 0 Å². The predicted molar refractivity (Wildman–Crippen MR) is 186 cm³/mol. The zero-order chi connectivity index (χ0) is 33.1. The molecule has 2 N–H and O–H groups in total. The standard InChI is InChI=1S/C40H48N2O4/c1-37(2)21-29(22-38(3,4)41-37)45-35(43)27-16-17-33-26(18-27)13-11-15-32(33)28-19-25-12-9-10-14-31(25)34(20-28)36(44)46-30-23-39(5,6)42-40(7,8)24-30/h9-20,29-30,41-42H,21-24H2,1-8H3. The fourth-order valence-corrected chi connectivity index (χ4v) is 8.36. The minimum Gasteiger partial charge on any atom is -0.459 e. The van der Waals surface area contributed by atoms with Crippen molar-refractivity contribution >= 4 is 33.5 Å². The summed E-state index contributed by atoms with van der Waals surface area (Å²) in [5, 5.41) is 11.1. The number of carbonyl (C=O) groups excluding carboxylic acids is 2. The highest BCUT2D eigenvalue weighted by Gasteiger charge is 2.40. The van der Waals surface area contributed by atoms with Crippen molar-refractivity contribution < 1.29 is 19.1 Å². The Kier molecular flexibility index (Phi) is 8.05. The number of ether oxygens (including phenoxy) is 2. The molecular formula is C40H48N2O4. The van der Waals surface area contributed by atoms with Gasteiger partial charge in [0.1, 0.15) is 12.2 Å². The summed E-state index contributed by atoms with van der Waals surface area (Å²) < 4.78 is 12.3. The van der Waals surface area contributed by atoms with E-state index >= 15 is 0 Å². The van der Waals surface area contributed by atoms with Gasteiger partial charge in [0.25, 0.3) is 0 Å². The lowest BCUT2D eigenvalue weighted by Gasteiger charge is -2.46. The van der Waals surface area contributed by atoms with Crippen LogP contribution in [0.25, 0.3) is 32.7 Å². The van der Waals surface area contributed by atoms with E-state index in [0.717, 1.165) is 58.4 Å². The highest BCUT2D eigenvalue weighted by Crippen LogP contribution is 2.36. The van der Waals surface area contributed by atoms with Gasteiger partial charge in [0.05, 0.1) is 11.1 Å². The Morgan fingerprint density at radius 3 is 1.72 bits per heavy atom. The largest absolute Gasteiger partial charge is 0.459 e. The smallest absolute Gasteiger partial charge is 0.339 e. The molecule has 2 fully saturated rings. The van der Waals surface area contributed by atoms with Crippen LogP contribution in [0, 0.1) is 0 Å². The highest BCUT2D eigenvalue weighted by molar-refractivity contribution is 6.09. The van der Waals surface area contributed by atoms with Crippen molar-refractivity contribution in [1.29, 1.82) is 0 Å². The van der Waals surface area contributed by atoms with Gasteiger partial charge in [0, 0.05) is 47.8 Å². The van der Waals surface area contributed by atoms with E-state index in [1.807, 2.05) is 60.7 Å². The summed E-state index contributed by atoms with van der Waals surface area (Å²) in [7, 11) is 0. The molecule has 0 aliphatic carbocycles. The maximum Gasteiger partial charge on any atom is 0.339 e. The molecule has 46 heavy (non-hydrogen) atoms. The van der Waals surface area contributed by atoms with E-state index in [0.29, 0.717) is 11.1 Å². The van der Waals surface area contributed by atoms with Gasteiger partial charge in [-0.25, -0.2) is 9.59 Å².